The van der Waals surface area contributed by atoms with Crippen LogP contribution < -0.4 is 63.7 Å². The van der Waals surface area contributed by atoms with Crippen LogP contribution >= 0.6 is 51.5 Å². The first-order valence-electron chi connectivity index (χ1n) is 48.0. The van der Waals surface area contributed by atoms with Gasteiger partial charge >= 0.3 is 0 Å². The van der Waals surface area contributed by atoms with E-state index in [1.807, 2.05) is 206 Å². The summed E-state index contributed by atoms with van der Waals surface area (Å²) in [6, 6.07) is 89.1. The van der Waals surface area contributed by atoms with Crippen molar-refractivity contribution in [3.05, 3.63) is 389 Å². The molecule has 14 rings (SSSR count). The summed E-state index contributed by atoms with van der Waals surface area (Å²) < 4.78 is 0. The quantitative estimate of drug-likeness (QED) is 0.0284. The molecule has 0 amide bonds. The van der Waals surface area contributed by atoms with Gasteiger partial charge in [0.05, 0.1) is 36.6 Å². The van der Waals surface area contributed by atoms with Gasteiger partial charge in [0.25, 0.3) is 0 Å². The number of rotatable bonds is 22. The number of benzene rings is 14. The number of aromatic hydroxyl groups is 6. The van der Waals surface area contributed by atoms with E-state index in [4.69, 9.17) is 0 Å². The Balaban J connectivity index is 0.000000188. The van der Waals surface area contributed by atoms with Gasteiger partial charge in [0.15, 0.2) is 0 Å². The van der Waals surface area contributed by atoms with Crippen LogP contribution in [0.1, 0.15) is 284 Å². The summed E-state index contributed by atoms with van der Waals surface area (Å²) in [7, 11) is 1.93. The molecule has 0 aliphatic rings. The highest BCUT2D eigenvalue weighted by Gasteiger charge is 2.28. The summed E-state index contributed by atoms with van der Waals surface area (Å²) in [6.07, 6.45) is -1.50. The minimum absolute atomic E-state index is 0.00725. The Morgan fingerprint density at radius 1 is 0.214 bits per heavy atom. The lowest BCUT2D eigenvalue weighted by molar-refractivity contribution is 0.200. The molecule has 0 bridgehead atoms. The van der Waals surface area contributed by atoms with Gasteiger partial charge in [-0.3, -0.25) is 0 Å². The van der Waals surface area contributed by atoms with Crippen LogP contribution in [0.2, 0.25) is 0 Å². The zero-order valence-electron chi connectivity index (χ0n) is 86.6. The molecule has 18 heteroatoms. The maximum absolute atomic E-state index is 11.0. The molecular weight excluding hydrogens is 1840 g/mol. The summed E-state index contributed by atoms with van der Waals surface area (Å²) in [5.74, 6) is 2.18. The Kier molecular flexibility index (Phi) is 41.4. The molecule has 12 unspecified atom stereocenters. The number of para-hydroxylation sites is 1. The van der Waals surface area contributed by atoms with E-state index in [2.05, 4.69) is 193 Å². The number of hydrogen-bond donors (Lipinski definition) is 12. The van der Waals surface area contributed by atoms with E-state index in [1.54, 1.807) is 47.6 Å². The number of phenolic OH excluding ortho intramolecular Hbond substituents is 6. The van der Waals surface area contributed by atoms with Crippen molar-refractivity contribution in [2.24, 2.45) is 0 Å². The number of aliphatic hydroxyl groups is 6. The van der Waals surface area contributed by atoms with Gasteiger partial charge in [-0.1, -0.05) is 387 Å². The molecule has 14 aromatic carbocycles. The molecule has 14 aromatic rings. The van der Waals surface area contributed by atoms with Crippen LogP contribution in [-0.4, -0.2) is 61.3 Å². The van der Waals surface area contributed by atoms with Gasteiger partial charge in [-0.25, -0.2) is 0 Å². The molecule has 0 spiro atoms. The van der Waals surface area contributed by atoms with Gasteiger partial charge < -0.3 is 61.3 Å². The summed E-state index contributed by atoms with van der Waals surface area (Å²) in [5, 5.41) is 136. The second-order valence-corrected chi connectivity index (χ2v) is 49.1. The van der Waals surface area contributed by atoms with E-state index in [1.165, 1.54) is 27.8 Å². The molecular formula is C122H150O12P6. The molecule has 0 radical (unpaired) electrons. The van der Waals surface area contributed by atoms with Gasteiger partial charge in [0.2, 0.25) is 0 Å². The highest BCUT2D eigenvalue weighted by molar-refractivity contribution is 7.57. The topological polar surface area (TPSA) is 243 Å². The molecule has 0 aromatic heterocycles. The molecule has 12 nitrogen and oxygen atoms in total. The van der Waals surface area contributed by atoms with Crippen molar-refractivity contribution < 1.29 is 61.3 Å². The van der Waals surface area contributed by atoms with Crippen LogP contribution in [0.25, 0.3) is 0 Å². The van der Waals surface area contributed by atoms with Crippen molar-refractivity contribution in [1.82, 2.24) is 0 Å². The van der Waals surface area contributed by atoms with Gasteiger partial charge in [-0.05, 0) is 282 Å². The summed E-state index contributed by atoms with van der Waals surface area (Å²) in [4.78, 5) is 0. The molecule has 140 heavy (non-hydrogen) atoms. The van der Waals surface area contributed by atoms with E-state index in [0.29, 0.717) is 92.4 Å². The first-order valence-corrected chi connectivity index (χ1v) is 54.0. The van der Waals surface area contributed by atoms with Crippen molar-refractivity contribution in [3.8, 4) is 34.5 Å². The van der Waals surface area contributed by atoms with E-state index in [-0.39, 0.29) is 21.7 Å². The number of phenols is 6. The van der Waals surface area contributed by atoms with Crippen molar-refractivity contribution in [1.29, 1.82) is 0 Å². The Hall–Kier alpha value is -9.78. The van der Waals surface area contributed by atoms with E-state index in [9.17, 15) is 61.3 Å². The zero-order chi connectivity index (χ0) is 103. The van der Waals surface area contributed by atoms with Gasteiger partial charge in [0, 0.05) is 49.4 Å². The molecule has 0 heterocycles. The predicted octanol–water partition coefficient (Wildman–Crippen LogP) is 23.3. The highest BCUT2D eigenvalue weighted by Crippen LogP contribution is 2.41. The van der Waals surface area contributed by atoms with Gasteiger partial charge in [-0.2, -0.15) is 0 Å². The molecule has 0 saturated carbocycles. The fourth-order valence-electron chi connectivity index (χ4n) is 16.2. The molecule has 740 valence electrons. The lowest BCUT2D eigenvalue weighted by Gasteiger charge is -2.28. The third-order valence-corrected chi connectivity index (χ3v) is 32.5. The third kappa shape index (κ3) is 32.9. The zero-order valence-corrected chi connectivity index (χ0v) is 92.6. The Bertz CT molecular complexity index is 6380. The van der Waals surface area contributed by atoms with Crippen LogP contribution in [0.3, 0.4) is 0 Å². The Labute approximate surface area is 845 Å². The van der Waals surface area contributed by atoms with E-state index >= 15 is 0 Å². The first-order chi connectivity index (χ1) is 65.6. The van der Waals surface area contributed by atoms with Gasteiger partial charge in [-0.15, -0.1) is 0 Å². The number of aryl methyl sites for hydroxylation is 8. The average Bonchev–Trinajstić information content (AvgIpc) is 0.779. The lowest BCUT2D eigenvalue weighted by atomic mass is 9.80. The van der Waals surface area contributed by atoms with Crippen LogP contribution in [0.4, 0.5) is 0 Å². The second-order valence-electron chi connectivity index (χ2n) is 41.1. The Morgan fingerprint density at radius 3 is 0.907 bits per heavy atom. The Morgan fingerprint density at radius 2 is 0.521 bits per heavy atom. The minimum atomic E-state index is -0.521. The summed E-state index contributed by atoms with van der Waals surface area (Å²) in [5.41, 5.74) is 23.0. The lowest BCUT2D eigenvalue weighted by Crippen LogP contribution is -2.21. The average molecular weight is 1990 g/mol. The third-order valence-electron chi connectivity index (χ3n) is 24.2. The van der Waals surface area contributed by atoms with Crippen molar-refractivity contribution in [2.75, 3.05) is 0 Å². The van der Waals surface area contributed by atoms with Crippen molar-refractivity contribution in [3.63, 3.8) is 0 Å². The van der Waals surface area contributed by atoms with Crippen molar-refractivity contribution in [2.45, 2.75) is 251 Å². The number of hydrogen-bond acceptors (Lipinski definition) is 12. The molecule has 0 aliphatic heterocycles. The highest BCUT2D eigenvalue weighted by atomic mass is 31.1. The maximum Gasteiger partial charge on any atom is 0.127 e. The van der Waals surface area contributed by atoms with Crippen LogP contribution in [0.15, 0.2) is 267 Å². The van der Waals surface area contributed by atoms with Crippen LogP contribution in [0.5, 0.6) is 34.5 Å². The molecule has 12 atom stereocenters. The predicted molar refractivity (Wildman–Crippen MR) is 608 cm³/mol. The van der Waals surface area contributed by atoms with Crippen molar-refractivity contribution >= 4 is 115 Å². The van der Waals surface area contributed by atoms with Crippen LogP contribution in [-0.2, 0) is 34.5 Å². The van der Waals surface area contributed by atoms with Gasteiger partial charge in [0.1, 0.15) is 34.5 Å². The SMILES string of the molecule is CC(O)c1ccccc1Pc1cc(Cc2ccccc2)ccc1O.CC(O)c1ccccc1Pc1cccc(Cc2ccccc2)c1O.Cc1cc(C)c(O)c(Pc2ccc(C)cc2C(C)O)c1.Cc1ccc(Pc2cc(C(C)(C)C)cc(C(C)(C)C)c2O)c(C(C)O)c1.Cc1ccc(Pc2cc(C(C)(C)C)cc(C)c2O)c(C(C)O)c1.Cc1ccc(Pc2cc(C)cc(C(C)(C)C)c2O)c(C(C)O)c1. The summed E-state index contributed by atoms with van der Waals surface area (Å²) in [6.45, 7) is 52.7. The maximum atomic E-state index is 11.0. The van der Waals surface area contributed by atoms with Crippen LogP contribution in [0, 0.1) is 55.4 Å². The molecule has 0 saturated heterocycles. The first kappa shape index (κ1) is 114. The molecule has 0 aliphatic carbocycles. The van der Waals surface area contributed by atoms with E-state index < -0.39 is 36.6 Å². The normalized spacial score (nSPS) is 13.3. The number of aliphatic hydroxyl groups excluding tert-OH is 6. The fraction of sp³-hybridized carbons (Fsp3) is 0.311. The molecule has 0 fully saturated rings. The fourth-order valence-corrected chi connectivity index (χ4v) is 24.7. The minimum Gasteiger partial charge on any atom is -0.507 e. The standard InChI is InChI=1S/C23H33O2P.2C21H21O2P.2C20H27O2P.C17H21O2P/c1-14-9-10-19(17(11-14)15(2)24)26-20-13-16(22(3,4)5)12-18(21(20)25)23(6,7)8;1-15(22)18-11-5-6-12-19(18)24-20-13-7-10-17(21(20)23)14-16-8-3-2-4-9-16;1-15(22)18-9-5-6-10-20(18)24-21-14-17(11-12-19(21)23)13-16-7-3-2-4-8-16;1-12-7-8-17(16(9-12)14(3)21)23-18-11-15(20(4,5)6)10-13(2)19(18)22;1-12-7-8-17(15(9-12)14(3)21)23-18-11-13(2)10-16(19(18)22)20(4,5)6;1-10-5-6-15(14(8-10)13(4)18)20-16-9-11(2)7-12(3)17(16)19/h9-13,15,24-26H,1-8H3;2-13,15,22-24H,14H2,1H3;2-12,14-15,22-24H,13H2,1H3;2*7-11,14,21-23H,1-6H3;5-9,13,18-20H,1-4H3. The summed E-state index contributed by atoms with van der Waals surface area (Å²) >= 11 is 0. The molecule has 12 N–H and O–H groups in total. The monoisotopic (exact) mass is 1990 g/mol. The van der Waals surface area contributed by atoms with E-state index in [0.717, 1.165) is 165 Å². The largest absolute Gasteiger partial charge is 0.507 e. The smallest absolute Gasteiger partial charge is 0.127 e. The second kappa shape index (κ2) is 50.9.